The molecule has 0 radical (unpaired) electrons. The van der Waals surface area contributed by atoms with E-state index >= 15 is 0 Å². The van der Waals surface area contributed by atoms with Crippen LogP contribution in [0.25, 0.3) is 0 Å². The molecule has 1 atom stereocenters. The smallest absolute Gasteiger partial charge is 0.291 e. The van der Waals surface area contributed by atoms with Crippen molar-refractivity contribution in [2.24, 2.45) is 0 Å². The Morgan fingerprint density at radius 3 is 2.69 bits per heavy atom. The monoisotopic (exact) mass is 399 g/mol. The number of nitrogens with zero attached hydrogens (tertiary/aromatic N) is 6. The van der Waals surface area contributed by atoms with Gasteiger partial charge in [0.1, 0.15) is 18.2 Å². The molecule has 0 aliphatic carbocycles. The lowest BCUT2D eigenvalue weighted by Gasteiger charge is -2.22. The van der Waals surface area contributed by atoms with Gasteiger partial charge < -0.3 is 19.9 Å². The molecule has 1 aliphatic rings. The molecule has 0 aromatic carbocycles. The second-order valence-corrected chi connectivity index (χ2v) is 7.60. The zero-order valence-corrected chi connectivity index (χ0v) is 18.0. The van der Waals surface area contributed by atoms with E-state index in [9.17, 15) is 4.79 Å². The van der Waals surface area contributed by atoms with Crippen molar-refractivity contribution >= 4 is 17.5 Å². The first-order valence-electron chi connectivity index (χ1n) is 9.70. The van der Waals surface area contributed by atoms with Gasteiger partial charge in [0.25, 0.3) is 5.91 Å². The predicted octanol–water partition coefficient (Wildman–Crippen LogP) is 1.73. The van der Waals surface area contributed by atoms with Crippen LogP contribution in [0.3, 0.4) is 0 Å². The van der Waals surface area contributed by atoms with Crippen molar-refractivity contribution in [1.82, 2.24) is 24.8 Å². The Kier molecular flexibility index (Phi) is 6.26. The molecule has 0 saturated carbocycles. The first kappa shape index (κ1) is 20.9. The van der Waals surface area contributed by atoms with Gasteiger partial charge in [0, 0.05) is 63.4 Å². The predicted molar refractivity (Wildman–Crippen MR) is 111 cm³/mol. The van der Waals surface area contributed by atoms with Crippen LogP contribution in [0.2, 0.25) is 0 Å². The molecule has 0 bridgehead atoms. The number of aryl methyl sites for hydroxylation is 2. The van der Waals surface area contributed by atoms with Crippen LogP contribution in [-0.2, 0) is 11.3 Å². The van der Waals surface area contributed by atoms with Crippen LogP contribution >= 0.6 is 0 Å². The fraction of sp³-hybridized carbons (Fsp3) is 0.550. The second-order valence-electron chi connectivity index (χ2n) is 7.60. The number of carbonyl (C=O) groups is 1. The van der Waals surface area contributed by atoms with E-state index in [2.05, 4.69) is 30.2 Å². The number of nitrogens with one attached hydrogen (secondary N) is 1. The van der Waals surface area contributed by atoms with Gasteiger partial charge in [0.15, 0.2) is 5.82 Å². The third-order valence-electron chi connectivity index (χ3n) is 4.97. The molecule has 2 aromatic heterocycles. The molecule has 0 spiro atoms. The van der Waals surface area contributed by atoms with Gasteiger partial charge in [-0.05, 0) is 27.2 Å². The standard InChI is InChI=1S/C20H29N7O2/c1-12-9-16(24-17(21-12)11-29-6)23-15-7-8-27(10-15)19-13(2)14(3)22-18(25-19)20(28)26(4)5/h9,15H,7-8,10-11H2,1-6H3,(H,21,23,24)/t15-/m1/s1. The lowest BCUT2D eigenvalue weighted by atomic mass is 10.2. The zero-order valence-electron chi connectivity index (χ0n) is 18.0. The molecule has 1 amide bonds. The highest BCUT2D eigenvalue weighted by Crippen LogP contribution is 2.25. The Morgan fingerprint density at radius 1 is 1.24 bits per heavy atom. The Bertz CT molecular complexity index is 901. The molecule has 9 nitrogen and oxygen atoms in total. The van der Waals surface area contributed by atoms with Crippen molar-refractivity contribution in [2.75, 3.05) is 44.5 Å². The Hall–Kier alpha value is -2.81. The third kappa shape index (κ3) is 4.79. The molecule has 1 saturated heterocycles. The van der Waals surface area contributed by atoms with Gasteiger partial charge in [-0.25, -0.2) is 19.9 Å². The van der Waals surface area contributed by atoms with Crippen molar-refractivity contribution in [2.45, 2.75) is 39.8 Å². The minimum absolute atomic E-state index is 0.189. The van der Waals surface area contributed by atoms with Crippen LogP contribution < -0.4 is 10.2 Å². The minimum atomic E-state index is -0.189. The molecule has 3 rings (SSSR count). The van der Waals surface area contributed by atoms with E-state index in [1.54, 1.807) is 21.2 Å². The number of aromatic nitrogens is 4. The van der Waals surface area contributed by atoms with Crippen LogP contribution in [0, 0.1) is 20.8 Å². The summed E-state index contributed by atoms with van der Waals surface area (Å²) in [5.74, 6) is 2.34. The molecule has 1 N–H and O–H groups in total. The summed E-state index contributed by atoms with van der Waals surface area (Å²) >= 11 is 0. The summed E-state index contributed by atoms with van der Waals surface area (Å²) in [5.41, 5.74) is 2.73. The van der Waals surface area contributed by atoms with Crippen molar-refractivity contribution in [3.8, 4) is 0 Å². The van der Waals surface area contributed by atoms with Gasteiger partial charge >= 0.3 is 0 Å². The summed E-state index contributed by atoms with van der Waals surface area (Å²) in [4.78, 5) is 33.9. The minimum Gasteiger partial charge on any atom is -0.377 e. The van der Waals surface area contributed by atoms with E-state index in [0.717, 1.165) is 48.1 Å². The van der Waals surface area contributed by atoms with Crippen LogP contribution in [-0.4, -0.2) is 71.1 Å². The van der Waals surface area contributed by atoms with E-state index in [0.29, 0.717) is 12.4 Å². The highest BCUT2D eigenvalue weighted by atomic mass is 16.5. The van der Waals surface area contributed by atoms with Gasteiger partial charge in [-0.1, -0.05) is 0 Å². The quantitative estimate of drug-likeness (QED) is 0.785. The molecule has 1 fully saturated rings. The maximum Gasteiger partial charge on any atom is 0.291 e. The van der Waals surface area contributed by atoms with Gasteiger partial charge in [-0.3, -0.25) is 4.79 Å². The summed E-state index contributed by atoms with van der Waals surface area (Å²) < 4.78 is 5.15. The zero-order chi connectivity index (χ0) is 21.1. The number of hydrogen-bond acceptors (Lipinski definition) is 8. The van der Waals surface area contributed by atoms with Crippen molar-refractivity contribution in [3.63, 3.8) is 0 Å². The van der Waals surface area contributed by atoms with Gasteiger partial charge in [0.2, 0.25) is 5.82 Å². The summed E-state index contributed by atoms with van der Waals surface area (Å²) in [7, 11) is 5.05. The number of ether oxygens (including phenoxy) is 1. The van der Waals surface area contributed by atoms with E-state index in [4.69, 9.17) is 4.74 Å². The van der Waals surface area contributed by atoms with Crippen molar-refractivity contribution < 1.29 is 9.53 Å². The fourth-order valence-corrected chi connectivity index (χ4v) is 3.39. The molecule has 0 unspecified atom stereocenters. The number of anilines is 2. The summed E-state index contributed by atoms with van der Waals surface area (Å²) in [6.07, 6.45) is 0.947. The summed E-state index contributed by atoms with van der Waals surface area (Å²) in [6.45, 7) is 7.87. The molecule has 9 heteroatoms. The van der Waals surface area contributed by atoms with E-state index in [1.165, 1.54) is 4.90 Å². The fourth-order valence-electron chi connectivity index (χ4n) is 3.39. The van der Waals surface area contributed by atoms with Crippen LogP contribution in [0.5, 0.6) is 0 Å². The van der Waals surface area contributed by atoms with Crippen LogP contribution in [0.1, 0.15) is 39.8 Å². The first-order chi connectivity index (χ1) is 13.8. The molecular weight excluding hydrogens is 370 g/mol. The molecule has 3 heterocycles. The van der Waals surface area contributed by atoms with Crippen LogP contribution in [0.15, 0.2) is 6.07 Å². The van der Waals surface area contributed by atoms with E-state index < -0.39 is 0 Å². The largest absolute Gasteiger partial charge is 0.377 e. The van der Waals surface area contributed by atoms with Gasteiger partial charge in [0.05, 0.1) is 0 Å². The average molecular weight is 399 g/mol. The molecular formula is C20H29N7O2. The second kappa shape index (κ2) is 8.69. The lowest BCUT2D eigenvalue weighted by molar-refractivity contribution is 0.0815. The summed E-state index contributed by atoms with van der Waals surface area (Å²) in [6, 6.07) is 2.16. The van der Waals surface area contributed by atoms with E-state index in [-0.39, 0.29) is 17.8 Å². The molecule has 29 heavy (non-hydrogen) atoms. The number of methoxy groups -OCH3 is 1. The molecule has 156 valence electrons. The molecule has 2 aromatic rings. The maximum atomic E-state index is 12.3. The van der Waals surface area contributed by atoms with E-state index in [1.807, 2.05) is 26.8 Å². The number of carbonyl (C=O) groups excluding carboxylic acids is 1. The summed E-state index contributed by atoms with van der Waals surface area (Å²) in [5, 5.41) is 3.50. The normalized spacial score (nSPS) is 16.2. The SMILES string of the molecule is COCc1nc(C)cc(N[C@@H]2CCN(c3nc(C(=O)N(C)C)nc(C)c3C)C2)n1. The van der Waals surface area contributed by atoms with Gasteiger partial charge in [-0.2, -0.15) is 0 Å². The Balaban J connectivity index is 1.77. The number of amides is 1. The molecule has 1 aliphatic heterocycles. The number of hydrogen-bond donors (Lipinski definition) is 1. The highest BCUT2D eigenvalue weighted by molar-refractivity contribution is 5.90. The highest BCUT2D eigenvalue weighted by Gasteiger charge is 2.27. The maximum absolute atomic E-state index is 12.3. The van der Waals surface area contributed by atoms with Crippen LogP contribution in [0.4, 0.5) is 11.6 Å². The van der Waals surface area contributed by atoms with Gasteiger partial charge in [-0.15, -0.1) is 0 Å². The van der Waals surface area contributed by atoms with Crippen molar-refractivity contribution in [3.05, 3.63) is 34.7 Å². The Morgan fingerprint density at radius 2 is 2.00 bits per heavy atom. The number of rotatable bonds is 6. The topological polar surface area (TPSA) is 96.4 Å². The first-order valence-corrected chi connectivity index (χ1v) is 9.70. The Labute approximate surface area is 171 Å². The third-order valence-corrected chi connectivity index (χ3v) is 4.97. The lowest BCUT2D eigenvalue weighted by Crippen LogP contribution is -2.30. The van der Waals surface area contributed by atoms with Crippen molar-refractivity contribution in [1.29, 1.82) is 0 Å². The average Bonchev–Trinajstić information content (AvgIpc) is 3.11.